The van der Waals surface area contributed by atoms with Crippen LogP contribution in [-0.4, -0.2) is 41.0 Å². The molecule has 0 saturated heterocycles. The van der Waals surface area contributed by atoms with Crippen LogP contribution in [0.5, 0.6) is 0 Å². The molecule has 0 atom stereocenters. The number of hydrogen-bond donors (Lipinski definition) is 2. The lowest BCUT2D eigenvalue weighted by atomic mass is 10.3. The van der Waals surface area contributed by atoms with E-state index in [1.54, 1.807) is 0 Å². The van der Waals surface area contributed by atoms with E-state index < -0.39 is 0 Å². The van der Waals surface area contributed by atoms with Crippen molar-refractivity contribution in [1.29, 1.82) is 0 Å². The standard InChI is InChI=1S/C12H10N8S/c1-21-12-16-11-18-17-8(9(13)20(11)19-12)10-14-6-4-2-3-5-7(6)15-10/h2-5H,13H2,1H3,(H,14,15). The van der Waals surface area contributed by atoms with Gasteiger partial charge in [0.05, 0.1) is 11.0 Å². The minimum atomic E-state index is 0.354. The zero-order valence-electron chi connectivity index (χ0n) is 11.0. The number of nitrogens with one attached hydrogen (secondary N) is 1. The van der Waals surface area contributed by atoms with Gasteiger partial charge in [-0.05, 0) is 18.4 Å². The smallest absolute Gasteiger partial charge is 0.274 e. The highest BCUT2D eigenvalue weighted by Gasteiger charge is 2.16. The van der Waals surface area contributed by atoms with Gasteiger partial charge in [0, 0.05) is 0 Å². The number of nitrogen functional groups attached to an aromatic ring is 1. The van der Waals surface area contributed by atoms with Gasteiger partial charge in [-0.3, -0.25) is 0 Å². The molecule has 0 bridgehead atoms. The third-order valence-electron chi connectivity index (χ3n) is 3.08. The van der Waals surface area contributed by atoms with E-state index in [0.29, 0.717) is 28.3 Å². The number of aromatic amines is 1. The summed E-state index contributed by atoms with van der Waals surface area (Å²) in [6.07, 6.45) is 1.89. The zero-order chi connectivity index (χ0) is 14.4. The Morgan fingerprint density at radius 3 is 2.86 bits per heavy atom. The van der Waals surface area contributed by atoms with Crippen molar-refractivity contribution in [2.24, 2.45) is 0 Å². The van der Waals surface area contributed by atoms with Gasteiger partial charge in [0.15, 0.2) is 17.3 Å². The molecule has 8 nitrogen and oxygen atoms in total. The van der Waals surface area contributed by atoms with Gasteiger partial charge in [-0.1, -0.05) is 23.9 Å². The van der Waals surface area contributed by atoms with Gasteiger partial charge < -0.3 is 10.7 Å². The van der Waals surface area contributed by atoms with Gasteiger partial charge in [-0.15, -0.1) is 15.3 Å². The van der Waals surface area contributed by atoms with Crippen molar-refractivity contribution >= 4 is 34.4 Å². The van der Waals surface area contributed by atoms with Crippen LogP contribution in [0.25, 0.3) is 28.3 Å². The Kier molecular flexibility index (Phi) is 2.54. The van der Waals surface area contributed by atoms with Gasteiger partial charge in [-0.2, -0.15) is 9.50 Å². The molecule has 1 aromatic carbocycles. The second-order valence-electron chi connectivity index (χ2n) is 4.35. The fraction of sp³-hybridized carbons (Fsp3) is 0.0833. The molecule has 21 heavy (non-hydrogen) atoms. The average Bonchev–Trinajstić information content (AvgIpc) is 3.11. The first-order valence-electron chi connectivity index (χ1n) is 6.14. The van der Waals surface area contributed by atoms with Crippen LogP contribution in [0.15, 0.2) is 29.4 Å². The number of imidazole rings is 1. The SMILES string of the molecule is CSc1nc2nnc(-c3nc4ccccc4[nH]3)c(N)n2n1. The molecule has 0 aliphatic heterocycles. The van der Waals surface area contributed by atoms with Crippen molar-refractivity contribution < 1.29 is 0 Å². The number of rotatable bonds is 2. The maximum atomic E-state index is 6.13. The highest BCUT2D eigenvalue weighted by atomic mass is 32.2. The van der Waals surface area contributed by atoms with E-state index in [4.69, 9.17) is 5.73 Å². The molecule has 0 saturated carbocycles. The van der Waals surface area contributed by atoms with E-state index in [9.17, 15) is 0 Å². The van der Waals surface area contributed by atoms with Crippen LogP contribution in [0.2, 0.25) is 0 Å². The molecule has 3 N–H and O–H groups in total. The second-order valence-corrected chi connectivity index (χ2v) is 5.12. The molecule has 0 fully saturated rings. The number of H-pyrrole nitrogens is 1. The largest absolute Gasteiger partial charge is 0.382 e. The molecule has 0 amide bonds. The lowest BCUT2D eigenvalue weighted by Gasteiger charge is -2.01. The molecule has 3 aromatic heterocycles. The number of para-hydroxylation sites is 2. The van der Waals surface area contributed by atoms with E-state index in [2.05, 4.69) is 30.2 Å². The summed E-state index contributed by atoms with van der Waals surface area (Å²) in [5.74, 6) is 1.29. The molecule has 0 spiro atoms. The number of fused-ring (bicyclic) bond motifs is 2. The first kappa shape index (κ1) is 12.1. The summed E-state index contributed by atoms with van der Waals surface area (Å²) in [7, 11) is 0. The summed E-state index contributed by atoms with van der Waals surface area (Å²) in [6.45, 7) is 0. The highest BCUT2D eigenvalue weighted by molar-refractivity contribution is 7.98. The van der Waals surface area contributed by atoms with E-state index in [1.165, 1.54) is 16.3 Å². The third kappa shape index (κ3) is 1.82. The normalized spacial score (nSPS) is 11.5. The van der Waals surface area contributed by atoms with Gasteiger partial charge in [-0.25, -0.2) is 4.98 Å². The fourth-order valence-electron chi connectivity index (χ4n) is 2.08. The lowest BCUT2D eigenvalue weighted by Crippen LogP contribution is -2.06. The van der Waals surface area contributed by atoms with Crippen molar-refractivity contribution in [2.45, 2.75) is 5.16 Å². The Balaban J connectivity index is 1.94. The second kappa shape index (κ2) is 4.42. The Morgan fingerprint density at radius 1 is 1.19 bits per heavy atom. The van der Waals surface area contributed by atoms with Crippen LogP contribution in [0.1, 0.15) is 0 Å². The lowest BCUT2D eigenvalue weighted by molar-refractivity contribution is 0.867. The molecule has 0 unspecified atom stereocenters. The summed E-state index contributed by atoms with van der Waals surface area (Å²) in [5.41, 5.74) is 8.34. The minimum absolute atomic E-state index is 0.354. The number of aromatic nitrogens is 7. The van der Waals surface area contributed by atoms with Gasteiger partial charge >= 0.3 is 0 Å². The number of nitrogens with zero attached hydrogens (tertiary/aromatic N) is 6. The van der Waals surface area contributed by atoms with Crippen molar-refractivity contribution in [2.75, 3.05) is 12.0 Å². The maximum absolute atomic E-state index is 6.13. The predicted octanol–water partition coefficient (Wildman–Crippen LogP) is 1.37. The Bertz CT molecular complexity index is 923. The summed E-state index contributed by atoms with van der Waals surface area (Å²) >= 11 is 1.42. The molecular formula is C12H10N8S. The molecule has 0 radical (unpaired) electrons. The third-order valence-corrected chi connectivity index (χ3v) is 3.62. The van der Waals surface area contributed by atoms with Crippen molar-refractivity contribution in [3.05, 3.63) is 24.3 Å². The zero-order valence-corrected chi connectivity index (χ0v) is 11.8. The topological polar surface area (TPSA) is 111 Å². The first-order chi connectivity index (χ1) is 10.3. The molecule has 4 rings (SSSR count). The summed E-state index contributed by atoms with van der Waals surface area (Å²) in [4.78, 5) is 11.9. The Hall–Kier alpha value is -2.68. The van der Waals surface area contributed by atoms with Crippen molar-refractivity contribution in [3.63, 3.8) is 0 Å². The average molecular weight is 298 g/mol. The molecule has 0 aliphatic rings. The Labute approximate surface area is 122 Å². The molecule has 4 aromatic rings. The van der Waals surface area contributed by atoms with Crippen LogP contribution in [-0.2, 0) is 0 Å². The van der Waals surface area contributed by atoms with Gasteiger partial charge in [0.25, 0.3) is 5.78 Å². The number of thioether (sulfide) groups is 1. The summed E-state index contributed by atoms with van der Waals surface area (Å²) in [6, 6.07) is 7.71. The molecule has 9 heteroatoms. The van der Waals surface area contributed by atoms with E-state index in [0.717, 1.165) is 11.0 Å². The number of nitrogens with two attached hydrogens (primary N) is 1. The van der Waals surface area contributed by atoms with Crippen LogP contribution in [0, 0.1) is 0 Å². The van der Waals surface area contributed by atoms with Crippen LogP contribution in [0.3, 0.4) is 0 Å². The van der Waals surface area contributed by atoms with Crippen LogP contribution >= 0.6 is 11.8 Å². The van der Waals surface area contributed by atoms with E-state index in [-0.39, 0.29) is 0 Å². The monoisotopic (exact) mass is 298 g/mol. The van der Waals surface area contributed by atoms with Crippen molar-refractivity contribution in [1.82, 2.24) is 34.8 Å². The van der Waals surface area contributed by atoms with Crippen LogP contribution < -0.4 is 5.73 Å². The van der Waals surface area contributed by atoms with Gasteiger partial charge in [0.1, 0.15) is 0 Å². The maximum Gasteiger partial charge on any atom is 0.274 e. The summed E-state index contributed by atoms with van der Waals surface area (Å²) < 4.78 is 1.47. The molecule has 104 valence electrons. The van der Waals surface area contributed by atoms with Crippen LogP contribution in [0.4, 0.5) is 5.82 Å². The predicted molar refractivity (Wildman–Crippen MR) is 79.9 cm³/mol. The minimum Gasteiger partial charge on any atom is -0.382 e. The number of benzene rings is 1. The Morgan fingerprint density at radius 2 is 2.05 bits per heavy atom. The highest BCUT2D eigenvalue weighted by Crippen LogP contribution is 2.23. The van der Waals surface area contributed by atoms with E-state index in [1.807, 2.05) is 30.5 Å². The molecular weight excluding hydrogens is 288 g/mol. The van der Waals surface area contributed by atoms with Crippen molar-refractivity contribution in [3.8, 4) is 11.5 Å². The summed E-state index contributed by atoms with van der Waals surface area (Å²) in [5, 5.41) is 13.0. The number of anilines is 1. The quantitative estimate of drug-likeness (QED) is 0.537. The first-order valence-corrected chi connectivity index (χ1v) is 7.37. The van der Waals surface area contributed by atoms with Gasteiger partial charge in [0.2, 0.25) is 5.16 Å². The molecule has 3 heterocycles. The molecule has 0 aliphatic carbocycles. The van der Waals surface area contributed by atoms with E-state index >= 15 is 0 Å². The fourth-order valence-corrected chi connectivity index (χ4v) is 2.41. The number of hydrogen-bond acceptors (Lipinski definition) is 7.